The molecule has 2 rings (SSSR count). The number of pyridine rings is 1. The number of ether oxygens (including phenoxy) is 1. The van der Waals surface area contributed by atoms with Gasteiger partial charge in [0.25, 0.3) is 5.91 Å². The predicted molar refractivity (Wildman–Crippen MR) is 88.5 cm³/mol. The molecule has 5 heteroatoms. The lowest BCUT2D eigenvalue weighted by Gasteiger charge is -2.10. The van der Waals surface area contributed by atoms with Crippen LogP contribution in [0.2, 0.25) is 0 Å². The molecule has 0 spiro atoms. The van der Waals surface area contributed by atoms with E-state index in [1.165, 1.54) is 0 Å². The average molecular weight is 312 g/mol. The van der Waals surface area contributed by atoms with E-state index in [0.717, 1.165) is 5.56 Å². The zero-order valence-corrected chi connectivity index (χ0v) is 13.5. The lowest BCUT2D eigenvalue weighted by molar-refractivity contribution is -0.135. The molecule has 2 aromatic rings. The number of carbonyl (C=O) groups is 2. The minimum absolute atomic E-state index is 0.242. The molecule has 5 nitrogen and oxygen atoms in total. The Labute approximate surface area is 135 Å². The van der Waals surface area contributed by atoms with Crippen LogP contribution in [0.5, 0.6) is 5.75 Å². The van der Waals surface area contributed by atoms with E-state index in [1.807, 2.05) is 13.8 Å². The predicted octanol–water partition coefficient (Wildman–Crippen LogP) is 3.59. The first-order valence-corrected chi connectivity index (χ1v) is 7.49. The molecular formula is C18H20N2O3. The van der Waals surface area contributed by atoms with Crippen LogP contribution in [0.15, 0.2) is 42.6 Å². The van der Waals surface area contributed by atoms with Crippen LogP contribution in [-0.4, -0.2) is 16.9 Å². The summed E-state index contributed by atoms with van der Waals surface area (Å²) in [7, 11) is 0. The fourth-order valence-electron chi connectivity index (χ4n) is 2.03. The second kappa shape index (κ2) is 7.54. The normalized spacial score (nSPS) is 10.4. The van der Waals surface area contributed by atoms with Gasteiger partial charge in [0, 0.05) is 18.2 Å². The number of carbonyl (C=O) groups excluding carboxylic acids is 2. The zero-order valence-electron chi connectivity index (χ0n) is 13.5. The largest absolute Gasteiger partial charge is 0.426 e. The molecule has 0 unspecified atom stereocenters. The molecule has 23 heavy (non-hydrogen) atoms. The first kappa shape index (κ1) is 16.7. The second-order valence-electron chi connectivity index (χ2n) is 5.72. The lowest BCUT2D eigenvalue weighted by Crippen LogP contribution is -2.14. The Bertz CT molecular complexity index is 697. The van der Waals surface area contributed by atoms with Crippen molar-refractivity contribution in [2.24, 2.45) is 5.92 Å². The Balaban J connectivity index is 2.06. The van der Waals surface area contributed by atoms with Crippen LogP contribution in [0.4, 0.5) is 5.82 Å². The molecule has 0 saturated carbocycles. The number of aromatic nitrogens is 1. The highest BCUT2D eigenvalue weighted by Gasteiger charge is 2.12. The van der Waals surface area contributed by atoms with Crippen molar-refractivity contribution in [3.05, 3.63) is 53.7 Å². The SMILES string of the molecule is Cc1cc(C(=O)Nc2ccccn2)ccc1OC(=O)CC(C)C. The molecule has 0 aliphatic carbocycles. The van der Waals surface area contributed by atoms with E-state index < -0.39 is 0 Å². The van der Waals surface area contributed by atoms with Crippen molar-refractivity contribution in [3.8, 4) is 5.75 Å². The summed E-state index contributed by atoms with van der Waals surface area (Å²) in [6, 6.07) is 10.2. The highest BCUT2D eigenvalue weighted by Crippen LogP contribution is 2.21. The van der Waals surface area contributed by atoms with Crippen LogP contribution in [0, 0.1) is 12.8 Å². The van der Waals surface area contributed by atoms with Crippen molar-refractivity contribution in [2.75, 3.05) is 5.32 Å². The molecule has 0 atom stereocenters. The molecule has 1 aromatic heterocycles. The van der Waals surface area contributed by atoms with Crippen molar-refractivity contribution >= 4 is 17.7 Å². The molecule has 0 fully saturated rings. The van der Waals surface area contributed by atoms with Crippen LogP contribution < -0.4 is 10.1 Å². The topological polar surface area (TPSA) is 68.3 Å². The summed E-state index contributed by atoms with van der Waals surface area (Å²) < 4.78 is 5.33. The van der Waals surface area contributed by atoms with Crippen molar-refractivity contribution in [2.45, 2.75) is 27.2 Å². The van der Waals surface area contributed by atoms with Gasteiger partial charge in [-0.2, -0.15) is 0 Å². The van der Waals surface area contributed by atoms with Gasteiger partial charge >= 0.3 is 5.97 Å². The first-order chi connectivity index (χ1) is 11.0. The van der Waals surface area contributed by atoms with E-state index >= 15 is 0 Å². The number of aryl methyl sites for hydroxylation is 1. The second-order valence-corrected chi connectivity index (χ2v) is 5.72. The minimum Gasteiger partial charge on any atom is -0.426 e. The maximum Gasteiger partial charge on any atom is 0.311 e. The molecule has 1 amide bonds. The zero-order chi connectivity index (χ0) is 16.8. The molecular weight excluding hydrogens is 292 g/mol. The third-order valence-corrected chi connectivity index (χ3v) is 3.14. The molecule has 120 valence electrons. The highest BCUT2D eigenvalue weighted by molar-refractivity contribution is 6.04. The molecule has 0 aliphatic rings. The molecule has 1 N–H and O–H groups in total. The fourth-order valence-corrected chi connectivity index (χ4v) is 2.03. The van der Waals surface area contributed by atoms with Crippen molar-refractivity contribution in [3.63, 3.8) is 0 Å². The Morgan fingerprint density at radius 1 is 1.22 bits per heavy atom. The molecule has 1 aromatic carbocycles. The van der Waals surface area contributed by atoms with Gasteiger partial charge in [-0.25, -0.2) is 4.98 Å². The summed E-state index contributed by atoms with van der Waals surface area (Å²) in [5.74, 6) is 0.680. The summed E-state index contributed by atoms with van der Waals surface area (Å²) >= 11 is 0. The smallest absolute Gasteiger partial charge is 0.311 e. The summed E-state index contributed by atoms with van der Waals surface area (Å²) in [6.07, 6.45) is 1.97. The number of esters is 1. The van der Waals surface area contributed by atoms with E-state index in [1.54, 1.807) is 49.5 Å². The van der Waals surface area contributed by atoms with Gasteiger partial charge in [0.15, 0.2) is 0 Å². The molecule has 1 heterocycles. The number of hydrogen-bond acceptors (Lipinski definition) is 4. The van der Waals surface area contributed by atoms with E-state index in [4.69, 9.17) is 4.74 Å². The molecule has 0 radical (unpaired) electrons. The molecule has 0 bridgehead atoms. The van der Waals surface area contributed by atoms with E-state index in [9.17, 15) is 9.59 Å². The fraction of sp³-hybridized carbons (Fsp3) is 0.278. The maximum atomic E-state index is 12.2. The number of hydrogen-bond donors (Lipinski definition) is 1. The van der Waals surface area contributed by atoms with Crippen LogP contribution in [-0.2, 0) is 4.79 Å². The molecule has 0 saturated heterocycles. The van der Waals surface area contributed by atoms with Gasteiger partial charge in [0.05, 0.1) is 0 Å². The van der Waals surface area contributed by atoms with Crippen LogP contribution in [0.25, 0.3) is 0 Å². The van der Waals surface area contributed by atoms with E-state index in [-0.39, 0.29) is 17.8 Å². The Kier molecular flexibility index (Phi) is 5.46. The number of nitrogens with one attached hydrogen (secondary N) is 1. The summed E-state index contributed by atoms with van der Waals surface area (Å²) in [5, 5.41) is 2.71. The summed E-state index contributed by atoms with van der Waals surface area (Å²) in [4.78, 5) is 28.0. The highest BCUT2D eigenvalue weighted by atomic mass is 16.5. The summed E-state index contributed by atoms with van der Waals surface area (Å²) in [5.41, 5.74) is 1.22. The van der Waals surface area contributed by atoms with Crippen LogP contribution >= 0.6 is 0 Å². The standard InChI is InChI=1S/C18H20N2O3/c1-12(2)10-17(21)23-15-8-7-14(11-13(15)3)18(22)20-16-6-4-5-9-19-16/h4-9,11-12H,10H2,1-3H3,(H,19,20,22). The van der Waals surface area contributed by atoms with Crippen molar-refractivity contribution < 1.29 is 14.3 Å². The monoisotopic (exact) mass is 312 g/mol. The third kappa shape index (κ3) is 4.92. The summed E-state index contributed by atoms with van der Waals surface area (Å²) in [6.45, 7) is 5.72. The van der Waals surface area contributed by atoms with Gasteiger partial charge < -0.3 is 10.1 Å². The van der Waals surface area contributed by atoms with Gasteiger partial charge in [0.2, 0.25) is 0 Å². The minimum atomic E-state index is -0.270. The van der Waals surface area contributed by atoms with Gasteiger partial charge in [-0.1, -0.05) is 19.9 Å². The van der Waals surface area contributed by atoms with E-state index in [0.29, 0.717) is 23.6 Å². The Morgan fingerprint density at radius 3 is 2.61 bits per heavy atom. The van der Waals surface area contributed by atoms with Crippen molar-refractivity contribution in [1.29, 1.82) is 0 Å². The number of rotatable bonds is 5. The Hall–Kier alpha value is -2.69. The number of amides is 1. The van der Waals surface area contributed by atoms with Gasteiger partial charge in [-0.15, -0.1) is 0 Å². The number of benzene rings is 1. The number of nitrogens with zero attached hydrogens (tertiary/aromatic N) is 1. The first-order valence-electron chi connectivity index (χ1n) is 7.49. The van der Waals surface area contributed by atoms with Gasteiger partial charge in [-0.3, -0.25) is 9.59 Å². The van der Waals surface area contributed by atoms with Crippen LogP contribution in [0.1, 0.15) is 36.2 Å². The maximum absolute atomic E-state index is 12.2. The van der Waals surface area contributed by atoms with Gasteiger partial charge in [-0.05, 0) is 48.7 Å². The average Bonchev–Trinajstić information content (AvgIpc) is 2.49. The third-order valence-electron chi connectivity index (χ3n) is 3.14. The Morgan fingerprint density at radius 2 is 2.00 bits per heavy atom. The molecule has 0 aliphatic heterocycles. The van der Waals surface area contributed by atoms with Crippen LogP contribution in [0.3, 0.4) is 0 Å². The number of anilines is 1. The van der Waals surface area contributed by atoms with Gasteiger partial charge in [0.1, 0.15) is 11.6 Å². The quantitative estimate of drug-likeness (QED) is 0.676. The van der Waals surface area contributed by atoms with Crippen molar-refractivity contribution in [1.82, 2.24) is 4.98 Å². The van der Waals surface area contributed by atoms with E-state index in [2.05, 4.69) is 10.3 Å². The lowest BCUT2D eigenvalue weighted by atomic mass is 10.1.